The van der Waals surface area contributed by atoms with Gasteiger partial charge in [-0.05, 0) is 37.1 Å². The summed E-state index contributed by atoms with van der Waals surface area (Å²) in [7, 11) is 3.45. The van der Waals surface area contributed by atoms with Gasteiger partial charge in [0.25, 0.3) is 5.91 Å². The number of rotatable bonds is 4. The number of benzene rings is 1. The smallest absolute Gasteiger partial charge is 0.253 e. The number of nitrogens with zero attached hydrogens (tertiary/aromatic N) is 1. The van der Waals surface area contributed by atoms with Crippen molar-refractivity contribution < 1.29 is 9.59 Å². The molecule has 5 heteroatoms. The third-order valence-corrected chi connectivity index (χ3v) is 3.42. The molecule has 1 fully saturated rings. The van der Waals surface area contributed by atoms with Crippen LogP contribution in [0.3, 0.4) is 0 Å². The van der Waals surface area contributed by atoms with Crippen molar-refractivity contribution >= 4 is 11.8 Å². The Morgan fingerprint density at radius 2 is 2.20 bits per heavy atom. The summed E-state index contributed by atoms with van der Waals surface area (Å²) in [6.07, 6.45) is 1.94. The molecule has 1 unspecified atom stereocenters. The molecule has 2 amide bonds. The topological polar surface area (TPSA) is 61.4 Å². The lowest BCUT2D eigenvalue weighted by molar-refractivity contribution is -0.122. The van der Waals surface area contributed by atoms with Crippen molar-refractivity contribution in [1.29, 1.82) is 0 Å². The van der Waals surface area contributed by atoms with E-state index in [0.717, 1.165) is 24.9 Å². The lowest BCUT2D eigenvalue weighted by atomic mass is 10.1. The summed E-state index contributed by atoms with van der Waals surface area (Å²) < 4.78 is 0. The number of hydrogen-bond acceptors (Lipinski definition) is 3. The second-order valence-electron chi connectivity index (χ2n) is 5.27. The van der Waals surface area contributed by atoms with Crippen LogP contribution in [0.25, 0.3) is 0 Å². The highest BCUT2D eigenvalue weighted by atomic mass is 16.2. The predicted molar refractivity (Wildman–Crippen MR) is 77.3 cm³/mol. The standard InChI is InChI=1S/C15H21N3O2/c1-18(2)15(20)12-6-3-5-11(9-12)10-17-14(19)13-7-4-8-16-13/h3,5-6,9,13,16H,4,7-8,10H2,1-2H3,(H,17,19). The maximum absolute atomic E-state index is 11.9. The largest absolute Gasteiger partial charge is 0.351 e. The highest BCUT2D eigenvalue weighted by molar-refractivity contribution is 5.94. The SMILES string of the molecule is CN(C)C(=O)c1cccc(CNC(=O)C2CCCN2)c1. The van der Waals surface area contributed by atoms with E-state index in [9.17, 15) is 9.59 Å². The molecule has 1 aromatic carbocycles. The molecule has 5 nitrogen and oxygen atoms in total. The third-order valence-electron chi connectivity index (χ3n) is 3.42. The van der Waals surface area contributed by atoms with Crippen molar-refractivity contribution in [1.82, 2.24) is 15.5 Å². The first-order chi connectivity index (χ1) is 9.58. The molecule has 0 radical (unpaired) electrons. The fourth-order valence-corrected chi connectivity index (χ4v) is 2.29. The van der Waals surface area contributed by atoms with Crippen molar-refractivity contribution in [2.45, 2.75) is 25.4 Å². The predicted octanol–water partition coefficient (Wildman–Crippen LogP) is 0.757. The Morgan fingerprint density at radius 1 is 1.40 bits per heavy atom. The van der Waals surface area contributed by atoms with Crippen LogP contribution in [-0.4, -0.2) is 43.4 Å². The second kappa shape index (κ2) is 6.52. The van der Waals surface area contributed by atoms with Crippen LogP contribution in [0.2, 0.25) is 0 Å². The number of nitrogens with one attached hydrogen (secondary N) is 2. The molecule has 1 aromatic rings. The van der Waals surface area contributed by atoms with Gasteiger partial charge in [-0.3, -0.25) is 9.59 Å². The van der Waals surface area contributed by atoms with Gasteiger partial charge < -0.3 is 15.5 Å². The molecule has 1 aliphatic heterocycles. The quantitative estimate of drug-likeness (QED) is 0.852. The van der Waals surface area contributed by atoms with Crippen molar-refractivity contribution in [3.63, 3.8) is 0 Å². The van der Waals surface area contributed by atoms with Gasteiger partial charge in [-0.1, -0.05) is 12.1 Å². The molecular weight excluding hydrogens is 254 g/mol. The fourth-order valence-electron chi connectivity index (χ4n) is 2.29. The summed E-state index contributed by atoms with van der Waals surface area (Å²) in [5.74, 6) is 0.00229. The number of hydrogen-bond donors (Lipinski definition) is 2. The van der Waals surface area contributed by atoms with E-state index in [1.165, 1.54) is 0 Å². The molecule has 0 aromatic heterocycles. The monoisotopic (exact) mass is 275 g/mol. The molecule has 0 bridgehead atoms. The van der Waals surface area contributed by atoms with Crippen LogP contribution in [-0.2, 0) is 11.3 Å². The Kier molecular flexibility index (Phi) is 4.74. The number of amides is 2. The zero-order valence-corrected chi connectivity index (χ0v) is 12.0. The van der Waals surface area contributed by atoms with Crippen molar-refractivity contribution in [2.24, 2.45) is 0 Å². The molecule has 0 aliphatic carbocycles. The van der Waals surface area contributed by atoms with Crippen LogP contribution in [0.4, 0.5) is 0 Å². The average Bonchev–Trinajstić information content (AvgIpc) is 2.98. The fraction of sp³-hybridized carbons (Fsp3) is 0.467. The normalized spacial score (nSPS) is 17.8. The zero-order valence-electron chi connectivity index (χ0n) is 12.0. The highest BCUT2D eigenvalue weighted by Gasteiger charge is 2.21. The number of carbonyl (C=O) groups excluding carboxylic acids is 2. The molecule has 2 rings (SSSR count). The molecule has 1 saturated heterocycles. The van der Waals surface area contributed by atoms with Crippen molar-refractivity contribution in [2.75, 3.05) is 20.6 Å². The van der Waals surface area contributed by atoms with E-state index in [0.29, 0.717) is 12.1 Å². The molecule has 0 saturated carbocycles. The summed E-state index contributed by atoms with van der Waals surface area (Å²) >= 11 is 0. The van der Waals surface area contributed by atoms with Crippen molar-refractivity contribution in [3.8, 4) is 0 Å². The van der Waals surface area contributed by atoms with Gasteiger partial charge in [0.2, 0.25) is 5.91 Å². The van der Waals surface area contributed by atoms with E-state index < -0.39 is 0 Å². The second-order valence-corrected chi connectivity index (χ2v) is 5.27. The molecule has 1 atom stereocenters. The minimum absolute atomic E-state index is 0.0318. The first-order valence-corrected chi connectivity index (χ1v) is 6.89. The molecular formula is C15H21N3O2. The van der Waals surface area contributed by atoms with Gasteiger partial charge >= 0.3 is 0 Å². The molecule has 2 N–H and O–H groups in total. The van der Waals surface area contributed by atoms with E-state index >= 15 is 0 Å². The summed E-state index contributed by atoms with van der Waals surface area (Å²) in [6.45, 7) is 1.36. The van der Waals surface area contributed by atoms with Crippen molar-refractivity contribution in [3.05, 3.63) is 35.4 Å². The van der Waals surface area contributed by atoms with Gasteiger partial charge in [0.15, 0.2) is 0 Å². The highest BCUT2D eigenvalue weighted by Crippen LogP contribution is 2.08. The maximum atomic E-state index is 11.9. The van der Waals surface area contributed by atoms with E-state index in [4.69, 9.17) is 0 Å². The average molecular weight is 275 g/mol. The molecule has 20 heavy (non-hydrogen) atoms. The van der Waals surface area contributed by atoms with Crippen LogP contribution >= 0.6 is 0 Å². The van der Waals surface area contributed by atoms with E-state index in [1.54, 1.807) is 25.1 Å². The van der Waals surface area contributed by atoms with Crippen LogP contribution in [0.5, 0.6) is 0 Å². The van der Waals surface area contributed by atoms with E-state index in [2.05, 4.69) is 10.6 Å². The number of carbonyl (C=O) groups is 2. The van der Waals surface area contributed by atoms with Crippen LogP contribution in [0.15, 0.2) is 24.3 Å². The van der Waals surface area contributed by atoms with Gasteiger partial charge in [-0.15, -0.1) is 0 Å². The van der Waals surface area contributed by atoms with Gasteiger partial charge in [-0.2, -0.15) is 0 Å². The van der Waals surface area contributed by atoms with Gasteiger partial charge in [0.05, 0.1) is 6.04 Å². The third kappa shape index (κ3) is 3.57. The first kappa shape index (κ1) is 14.5. The molecule has 0 spiro atoms. The summed E-state index contributed by atoms with van der Waals surface area (Å²) in [5, 5.41) is 6.07. The Balaban J connectivity index is 1.94. The maximum Gasteiger partial charge on any atom is 0.253 e. The van der Waals surface area contributed by atoms with Gasteiger partial charge in [-0.25, -0.2) is 0 Å². The lowest BCUT2D eigenvalue weighted by Gasteiger charge is -2.13. The van der Waals surface area contributed by atoms with E-state index in [1.807, 2.05) is 18.2 Å². The molecule has 1 heterocycles. The van der Waals surface area contributed by atoms with E-state index in [-0.39, 0.29) is 17.9 Å². The first-order valence-electron chi connectivity index (χ1n) is 6.89. The van der Waals surface area contributed by atoms with Crippen LogP contribution in [0, 0.1) is 0 Å². The Morgan fingerprint density at radius 3 is 2.85 bits per heavy atom. The van der Waals surface area contributed by atoms with Gasteiger partial charge in [0, 0.05) is 26.2 Å². The minimum atomic E-state index is -0.0680. The Labute approximate surface area is 119 Å². The Bertz CT molecular complexity index is 494. The minimum Gasteiger partial charge on any atom is -0.351 e. The Hall–Kier alpha value is -1.88. The van der Waals surface area contributed by atoms with Crippen LogP contribution < -0.4 is 10.6 Å². The lowest BCUT2D eigenvalue weighted by Crippen LogP contribution is -2.40. The van der Waals surface area contributed by atoms with Crippen LogP contribution in [0.1, 0.15) is 28.8 Å². The summed E-state index contributed by atoms with van der Waals surface area (Å²) in [6, 6.07) is 7.29. The zero-order chi connectivity index (χ0) is 14.5. The summed E-state index contributed by atoms with van der Waals surface area (Å²) in [4.78, 5) is 25.3. The molecule has 1 aliphatic rings. The summed E-state index contributed by atoms with van der Waals surface area (Å²) in [5.41, 5.74) is 1.57. The van der Waals surface area contributed by atoms with Gasteiger partial charge in [0.1, 0.15) is 0 Å². The molecule has 108 valence electrons.